The summed E-state index contributed by atoms with van der Waals surface area (Å²) in [5, 5.41) is 3.04. The van der Waals surface area contributed by atoms with E-state index in [0.29, 0.717) is 24.5 Å². The molecule has 0 saturated heterocycles. The number of hydrogen-bond acceptors (Lipinski definition) is 5. The van der Waals surface area contributed by atoms with Crippen LogP contribution in [0.2, 0.25) is 0 Å². The Morgan fingerprint density at radius 1 is 1.25 bits per heavy atom. The van der Waals surface area contributed by atoms with E-state index in [0.717, 1.165) is 0 Å². The number of methoxy groups -OCH3 is 3. The largest absolute Gasteiger partial charge is 0.465 e. The fourth-order valence-corrected chi connectivity index (χ4v) is 1.83. The molecule has 0 radical (unpaired) electrons. The van der Waals surface area contributed by atoms with E-state index in [2.05, 4.69) is 5.32 Å². The van der Waals surface area contributed by atoms with Gasteiger partial charge in [-0.1, -0.05) is 0 Å². The van der Waals surface area contributed by atoms with Gasteiger partial charge < -0.3 is 19.5 Å². The Bertz CT molecular complexity index is 459. The summed E-state index contributed by atoms with van der Waals surface area (Å²) in [4.78, 5) is 11.7. The lowest BCUT2D eigenvalue weighted by molar-refractivity contribution is 0.0601. The van der Waals surface area contributed by atoms with Crippen LogP contribution in [0, 0.1) is 12.7 Å². The second-order valence-electron chi connectivity index (χ2n) is 4.39. The molecule has 0 saturated carbocycles. The monoisotopic (exact) mass is 285 g/mol. The maximum absolute atomic E-state index is 13.7. The van der Waals surface area contributed by atoms with Gasteiger partial charge in [0.05, 0.1) is 37.6 Å². The van der Waals surface area contributed by atoms with Gasteiger partial charge in [0.1, 0.15) is 5.82 Å². The van der Waals surface area contributed by atoms with Crippen LogP contribution in [0.25, 0.3) is 0 Å². The summed E-state index contributed by atoms with van der Waals surface area (Å²) in [7, 11) is 4.40. The molecular weight excluding hydrogens is 265 g/mol. The predicted octanol–water partition coefficient (Wildman–Crippen LogP) is 1.99. The van der Waals surface area contributed by atoms with E-state index < -0.39 is 11.8 Å². The van der Waals surface area contributed by atoms with Crippen LogP contribution in [0.15, 0.2) is 12.1 Å². The number of rotatable bonds is 7. The average molecular weight is 285 g/mol. The molecule has 1 aromatic carbocycles. The maximum atomic E-state index is 13.7. The number of ether oxygens (including phenoxy) is 3. The molecule has 0 aromatic heterocycles. The van der Waals surface area contributed by atoms with Gasteiger partial charge in [-0.15, -0.1) is 0 Å². The Morgan fingerprint density at radius 2 is 1.85 bits per heavy atom. The van der Waals surface area contributed by atoms with Crippen molar-refractivity contribution < 1.29 is 23.4 Å². The van der Waals surface area contributed by atoms with Gasteiger partial charge in [-0.2, -0.15) is 0 Å². The smallest absolute Gasteiger partial charge is 0.339 e. The lowest BCUT2D eigenvalue weighted by Gasteiger charge is -2.20. The Hall–Kier alpha value is -1.66. The minimum Gasteiger partial charge on any atom is -0.465 e. The van der Waals surface area contributed by atoms with Crippen LogP contribution in [0.5, 0.6) is 0 Å². The van der Waals surface area contributed by atoms with Crippen molar-refractivity contribution in [1.82, 2.24) is 0 Å². The zero-order valence-electron chi connectivity index (χ0n) is 12.2. The molecule has 5 nitrogen and oxygen atoms in total. The number of hydrogen-bond donors (Lipinski definition) is 1. The molecule has 0 bridgehead atoms. The highest BCUT2D eigenvalue weighted by Gasteiger charge is 2.18. The standard InChI is InChI=1S/C14H20FNO4/c1-9-5-11(14(17)20-4)13(6-12(9)15)16-10(7-18-2)8-19-3/h5-6,10,16H,7-8H2,1-4H3. The predicted molar refractivity (Wildman–Crippen MR) is 73.6 cm³/mol. The second-order valence-corrected chi connectivity index (χ2v) is 4.39. The fourth-order valence-electron chi connectivity index (χ4n) is 1.83. The molecule has 20 heavy (non-hydrogen) atoms. The Morgan fingerprint density at radius 3 is 2.35 bits per heavy atom. The van der Waals surface area contributed by atoms with Gasteiger partial charge in [-0.3, -0.25) is 0 Å². The van der Waals surface area contributed by atoms with Gasteiger partial charge in [0.2, 0.25) is 0 Å². The van der Waals surface area contributed by atoms with Gasteiger partial charge in [-0.25, -0.2) is 9.18 Å². The van der Waals surface area contributed by atoms with Gasteiger partial charge in [0, 0.05) is 14.2 Å². The highest BCUT2D eigenvalue weighted by molar-refractivity contribution is 5.95. The first-order valence-electron chi connectivity index (χ1n) is 6.16. The van der Waals surface area contributed by atoms with Gasteiger partial charge in [0.15, 0.2) is 0 Å². The lowest BCUT2D eigenvalue weighted by Crippen LogP contribution is -2.30. The van der Waals surface area contributed by atoms with Gasteiger partial charge in [0.25, 0.3) is 0 Å². The van der Waals surface area contributed by atoms with Crippen molar-refractivity contribution in [2.45, 2.75) is 13.0 Å². The summed E-state index contributed by atoms with van der Waals surface area (Å²) < 4.78 is 28.5. The normalized spacial score (nSPS) is 10.7. The SMILES string of the molecule is COCC(COC)Nc1cc(F)c(C)cc1C(=O)OC. The Labute approximate surface area is 118 Å². The number of carbonyl (C=O) groups excluding carboxylic acids is 1. The van der Waals surface area contributed by atoms with Gasteiger partial charge >= 0.3 is 5.97 Å². The van der Waals surface area contributed by atoms with E-state index in [9.17, 15) is 9.18 Å². The number of halogens is 1. The van der Waals surface area contributed by atoms with Crippen LogP contribution < -0.4 is 5.32 Å². The van der Waals surface area contributed by atoms with Crippen molar-refractivity contribution in [3.63, 3.8) is 0 Å². The minimum atomic E-state index is -0.524. The molecular formula is C14H20FNO4. The van der Waals surface area contributed by atoms with E-state index in [1.807, 2.05) is 0 Å². The molecule has 0 aliphatic heterocycles. The molecule has 0 atom stereocenters. The first-order valence-corrected chi connectivity index (χ1v) is 6.16. The lowest BCUT2D eigenvalue weighted by atomic mass is 10.1. The molecule has 0 unspecified atom stereocenters. The molecule has 1 aromatic rings. The molecule has 0 fully saturated rings. The summed E-state index contributed by atoms with van der Waals surface area (Å²) in [5.41, 5.74) is 1.02. The topological polar surface area (TPSA) is 56.8 Å². The summed E-state index contributed by atoms with van der Waals surface area (Å²) in [5.74, 6) is -0.919. The number of carbonyl (C=O) groups is 1. The maximum Gasteiger partial charge on any atom is 0.339 e. The van der Waals surface area contributed by atoms with Crippen molar-refractivity contribution in [2.75, 3.05) is 39.9 Å². The quantitative estimate of drug-likeness (QED) is 0.776. The van der Waals surface area contributed by atoms with Gasteiger partial charge in [-0.05, 0) is 24.6 Å². The van der Waals surface area contributed by atoms with E-state index in [1.54, 1.807) is 21.1 Å². The molecule has 0 spiro atoms. The van der Waals surface area contributed by atoms with E-state index in [-0.39, 0.29) is 11.6 Å². The van der Waals surface area contributed by atoms with Crippen molar-refractivity contribution in [3.05, 3.63) is 29.1 Å². The van der Waals surface area contributed by atoms with Crippen molar-refractivity contribution in [3.8, 4) is 0 Å². The van der Waals surface area contributed by atoms with Crippen LogP contribution in [0.1, 0.15) is 15.9 Å². The molecule has 0 aliphatic rings. The second kappa shape index (κ2) is 7.81. The molecule has 0 heterocycles. The first-order chi connectivity index (χ1) is 9.53. The number of esters is 1. The summed E-state index contributed by atoms with van der Waals surface area (Å²) >= 11 is 0. The molecule has 112 valence electrons. The number of aryl methyl sites for hydroxylation is 1. The third-order valence-corrected chi connectivity index (χ3v) is 2.80. The Balaban J connectivity index is 3.07. The van der Waals surface area contributed by atoms with E-state index >= 15 is 0 Å². The zero-order chi connectivity index (χ0) is 15.1. The molecule has 1 rings (SSSR count). The third kappa shape index (κ3) is 4.18. The molecule has 0 amide bonds. The summed E-state index contributed by atoms with van der Waals surface area (Å²) in [6, 6.07) is 2.54. The Kier molecular flexibility index (Phi) is 6.41. The molecule has 0 aliphatic carbocycles. The van der Waals surface area contributed by atoms with Crippen molar-refractivity contribution >= 4 is 11.7 Å². The minimum absolute atomic E-state index is 0.199. The van der Waals surface area contributed by atoms with E-state index in [4.69, 9.17) is 14.2 Å². The van der Waals surface area contributed by atoms with Crippen molar-refractivity contribution in [1.29, 1.82) is 0 Å². The van der Waals surface area contributed by atoms with Crippen LogP contribution in [-0.2, 0) is 14.2 Å². The highest BCUT2D eigenvalue weighted by Crippen LogP contribution is 2.22. The highest BCUT2D eigenvalue weighted by atomic mass is 19.1. The van der Waals surface area contributed by atoms with Crippen LogP contribution in [-0.4, -0.2) is 46.6 Å². The van der Waals surface area contributed by atoms with Crippen LogP contribution >= 0.6 is 0 Å². The first kappa shape index (κ1) is 16.4. The zero-order valence-corrected chi connectivity index (χ0v) is 12.2. The number of nitrogens with one attached hydrogen (secondary N) is 1. The fraction of sp³-hybridized carbons (Fsp3) is 0.500. The van der Waals surface area contributed by atoms with E-state index in [1.165, 1.54) is 19.2 Å². The summed E-state index contributed by atoms with van der Waals surface area (Å²) in [6.45, 7) is 2.32. The third-order valence-electron chi connectivity index (χ3n) is 2.80. The molecule has 1 N–H and O–H groups in total. The molecule has 6 heteroatoms. The van der Waals surface area contributed by atoms with Crippen molar-refractivity contribution in [2.24, 2.45) is 0 Å². The number of anilines is 1. The average Bonchev–Trinajstić information content (AvgIpc) is 2.42. The number of benzene rings is 1. The van der Waals surface area contributed by atoms with Crippen LogP contribution in [0.4, 0.5) is 10.1 Å². The summed E-state index contributed by atoms with van der Waals surface area (Å²) in [6.07, 6.45) is 0. The van der Waals surface area contributed by atoms with Crippen LogP contribution in [0.3, 0.4) is 0 Å².